The quantitative estimate of drug-likeness (QED) is 0.809. The van der Waals surface area contributed by atoms with Crippen molar-refractivity contribution in [3.8, 4) is 6.07 Å². The van der Waals surface area contributed by atoms with Crippen LogP contribution in [0.5, 0.6) is 0 Å². The van der Waals surface area contributed by atoms with E-state index in [-0.39, 0.29) is 0 Å². The summed E-state index contributed by atoms with van der Waals surface area (Å²) in [5.41, 5.74) is 2.58. The number of nitrogens with zero attached hydrogens (tertiary/aromatic N) is 1. The third kappa shape index (κ3) is 2.50. The fourth-order valence-electron chi connectivity index (χ4n) is 1.29. The van der Waals surface area contributed by atoms with E-state index >= 15 is 0 Å². The van der Waals surface area contributed by atoms with E-state index in [1.165, 1.54) is 0 Å². The zero-order valence-electron chi connectivity index (χ0n) is 8.55. The molecule has 1 aromatic heterocycles. The number of rotatable bonds is 3. The number of allylic oxidation sites excluding steroid dienone is 1. The van der Waals surface area contributed by atoms with Gasteiger partial charge in [0.05, 0.1) is 5.57 Å². The van der Waals surface area contributed by atoms with Crippen LogP contribution >= 0.6 is 11.3 Å². The zero-order chi connectivity index (χ0) is 11.2. The molecular weight excluding hydrogens is 216 g/mol. The minimum absolute atomic E-state index is 0.644. The fraction of sp³-hybridized carbons (Fsp3) is 0. The molecule has 78 valence electrons. The first-order chi connectivity index (χ1) is 7.90. The van der Waals surface area contributed by atoms with Crippen LogP contribution in [0.25, 0.3) is 5.57 Å². The summed E-state index contributed by atoms with van der Waals surface area (Å²) in [5, 5.41) is 16.0. The summed E-state index contributed by atoms with van der Waals surface area (Å²) in [4.78, 5) is 0. The van der Waals surface area contributed by atoms with Crippen LogP contribution < -0.4 is 5.32 Å². The summed E-state index contributed by atoms with van der Waals surface area (Å²) in [5.74, 6) is 0. The Balaban J connectivity index is 2.15. The van der Waals surface area contributed by atoms with Crippen LogP contribution in [0.3, 0.4) is 0 Å². The Labute approximate surface area is 98.5 Å². The van der Waals surface area contributed by atoms with Crippen LogP contribution in [0.2, 0.25) is 0 Å². The molecule has 0 aliphatic heterocycles. The second-order valence-corrected chi connectivity index (χ2v) is 3.97. The van der Waals surface area contributed by atoms with Gasteiger partial charge < -0.3 is 5.32 Å². The van der Waals surface area contributed by atoms with E-state index in [9.17, 15) is 0 Å². The minimum atomic E-state index is 0.644. The normalized spacial score (nSPS) is 10.8. The molecule has 0 amide bonds. The fourth-order valence-corrected chi connectivity index (χ4v) is 1.94. The maximum atomic E-state index is 9.02. The Kier molecular flexibility index (Phi) is 3.37. The molecule has 0 aliphatic rings. The first kappa shape index (κ1) is 10.5. The molecule has 0 fully saturated rings. The van der Waals surface area contributed by atoms with Gasteiger partial charge in [0, 0.05) is 17.5 Å². The van der Waals surface area contributed by atoms with Crippen LogP contribution in [0.1, 0.15) is 5.56 Å². The Hall–Kier alpha value is -2.05. The predicted octanol–water partition coefficient (Wildman–Crippen LogP) is 3.72. The average molecular weight is 226 g/mol. The number of nitriles is 1. The van der Waals surface area contributed by atoms with Crippen LogP contribution in [0.15, 0.2) is 53.4 Å². The van der Waals surface area contributed by atoms with Gasteiger partial charge in [0.15, 0.2) is 0 Å². The molecule has 0 bridgehead atoms. The van der Waals surface area contributed by atoms with Gasteiger partial charge >= 0.3 is 0 Å². The monoisotopic (exact) mass is 226 g/mol. The summed E-state index contributed by atoms with van der Waals surface area (Å²) in [6.07, 6.45) is 1.73. The van der Waals surface area contributed by atoms with Crippen LogP contribution in [-0.2, 0) is 0 Å². The van der Waals surface area contributed by atoms with Gasteiger partial charge in [-0.25, -0.2) is 0 Å². The standard InChI is InChI=1S/C13H10N2S/c14-8-12(11-6-7-16-10-11)9-15-13-4-2-1-3-5-13/h1-7,9-10,15H. The third-order valence-corrected chi connectivity index (χ3v) is 2.79. The molecule has 2 rings (SSSR count). The number of benzene rings is 1. The van der Waals surface area contributed by atoms with E-state index < -0.39 is 0 Å². The first-order valence-corrected chi connectivity index (χ1v) is 5.79. The lowest BCUT2D eigenvalue weighted by Gasteiger charge is -2.00. The van der Waals surface area contributed by atoms with Gasteiger partial charge in [-0.05, 0) is 29.0 Å². The van der Waals surface area contributed by atoms with E-state index in [4.69, 9.17) is 5.26 Å². The lowest BCUT2D eigenvalue weighted by molar-refractivity contribution is 1.52. The second kappa shape index (κ2) is 5.15. The largest absolute Gasteiger partial charge is 0.360 e. The van der Waals surface area contributed by atoms with E-state index in [1.807, 2.05) is 47.2 Å². The lowest BCUT2D eigenvalue weighted by Crippen LogP contribution is -1.89. The molecule has 0 saturated heterocycles. The molecule has 16 heavy (non-hydrogen) atoms. The highest BCUT2D eigenvalue weighted by Gasteiger charge is 1.99. The van der Waals surface area contributed by atoms with Gasteiger partial charge in [-0.1, -0.05) is 18.2 Å². The van der Waals surface area contributed by atoms with Crippen molar-refractivity contribution in [3.05, 3.63) is 58.9 Å². The number of nitrogens with one attached hydrogen (secondary N) is 1. The number of thiophene rings is 1. The molecular formula is C13H10N2S. The average Bonchev–Trinajstić information content (AvgIpc) is 2.85. The molecule has 1 heterocycles. The van der Waals surface area contributed by atoms with Crippen molar-refractivity contribution < 1.29 is 0 Å². The Morgan fingerprint density at radius 2 is 2.06 bits per heavy atom. The van der Waals surface area contributed by atoms with E-state index in [0.29, 0.717) is 5.57 Å². The maximum absolute atomic E-state index is 9.02. The van der Waals surface area contributed by atoms with Gasteiger partial charge in [0.1, 0.15) is 6.07 Å². The molecule has 0 saturated carbocycles. The lowest BCUT2D eigenvalue weighted by atomic mass is 10.2. The molecule has 0 unspecified atom stereocenters. The van der Waals surface area contributed by atoms with E-state index in [0.717, 1.165) is 11.3 Å². The first-order valence-electron chi connectivity index (χ1n) is 4.84. The molecule has 1 aromatic carbocycles. The zero-order valence-corrected chi connectivity index (χ0v) is 9.37. The highest BCUT2D eigenvalue weighted by molar-refractivity contribution is 7.08. The molecule has 3 heteroatoms. The predicted molar refractivity (Wildman–Crippen MR) is 68.0 cm³/mol. The van der Waals surface area contributed by atoms with E-state index in [2.05, 4.69) is 11.4 Å². The second-order valence-electron chi connectivity index (χ2n) is 3.19. The van der Waals surface area contributed by atoms with Gasteiger partial charge in [-0.15, -0.1) is 0 Å². The summed E-state index contributed by atoms with van der Waals surface area (Å²) in [7, 11) is 0. The summed E-state index contributed by atoms with van der Waals surface area (Å²) >= 11 is 1.59. The smallest absolute Gasteiger partial charge is 0.101 e. The molecule has 0 radical (unpaired) electrons. The highest BCUT2D eigenvalue weighted by Crippen LogP contribution is 2.17. The molecule has 1 N–H and O–H groups in total. The van der Waals surface area contributed by atoms with Crippen molar-refractivity contribution in [3.63, 3.8) is 0 Å². The Bertz CT molecular complexity index is 507. The van der Waals surface area contributed by atoms with Crippen molar-refractivity contribution in [2.75, 3.05) is 5.32 Å². The van der Waals surface area contributed by atoms with Gasteiger partial charge in [-0.2, -0.15) is 16.6 Å². The van der Waals surface area contributed by atoms with Crippen molar-refractivity contribution in [2.24, 2.45) is 0 Å². The topological polar surface area (TPSA) is 35.8 Å². The van der Waals surface area contributed by atoms with Crippen molar-refractivity contribution >= 4 is 22.6 Å². The molecule has 0 atom stereocenters. The highest BCUT2D eigenvalue weighted by atomic mass is 32.1. The van der Waals surface area contributed by atoms with Crippen LogP contribution in [-0.4, -0.2) is 0 Å². The third-order valence-electron chi connectivity index (χ3n) is 2.11. The van der Waals surface area contributed by atoms with Crippen molar-refractivity contribution in [2.45, 2.75) is 0 Å². The molecule has 2 aromatic rings. The van der Waals surface area contributed by atoms with Crippen molar-refractivity contribution in [1.29, 1.82) is 5.26 Å². The Morgan fingerprint density at radius 1 is 1.25 bits per heavy atom. The van der Waals surface area contributed by atoms with Crippen LogP contribution in [0, 0.1) is 11.3 Å². The Morgan fingerprint density at radius 3 is 2.69 bits per heavy atom. The van der Waals surface area contributed by atoms with Gasteiger partial charge in [0.25, 0.3) is 0 Å². The molecule has 0 spiro atoms. The number of hydrogen-bond acceptors (Lipinski definition) is 3. The maximum Gasteiger partial charge on any atom is 0.101 e. The number of hydrogen-bond donors (Lipinski definition) is 1. The van der Waals surface area contributed by atoms with Gasteiger partial charge in [-0.3, -0.25) is 0 Å². The SMILES string of the molecule is N#CC(=CNc1ccccc1)c1ccsc1. The van der Waals surface area contributed by atoms with Gasteiger partial charge in [0.2, 0.25) is 0 Å². The summed E-state index contributed by atoms with van der Waals surface area (Å²) in [6, 6.07) is 13.9. The molecule has 2 nitrogen and oxygen atoms in total. The number of anilines is 1. The summed E-state index contributed by atoms with van der Waals surface area (Å²) < 4.78 is 0. The molecule has 0 aliphatic carbocycles. The van der Waals surface area contributed by atoms with Crippen LogP contribution in [0.4, 0.5) is 5.69 Å². The minimum Gasteiger partial charge on any atom is -0.360 e. The van der Waals surface area contributed by atoms with E-state index in [1.54, 1.807) is 17.5 Å². The summed E-state index contributed by atoms with van der Waals surface area (Å²) in [6.45, 7) is 0. The number of para-hydroxylation sites is 1. The van der Waals surface area contributed by atoms with Crippen molar-refractivity contribution in [1.82, 2.24) is 0 Å².